The molecular formula is C17H17Br2NO3. The van der Waals surface area contributed by atoms with E-state index in [2.05, 4.69) is 37.2 Å². The van der Waals surface area contributed by atoms with E-state index in [0.29, 0.717) is 34.7 Å². The molecule has 1 amide bonds. The van der Waals surface area contributed by atoms with Crippen LogP contribution in [0.15, 0.2) is 45.3 Å². The van der Waals surface area contributed by atoms with Gasteiger partial charge in [0, 0.05) is 15.7 Å². The Morgan fingerprint density at radius 3 is 2.30 bits per heavy atom. The van der Waals surface area contributed by atoms with E-state index in [4.69, 9.17) is 9.47 Å². The Labute approximate surface area is 152 Å². The molecular weight excluding hydrogens is 426 g/mol. The molecule has 0 saturated carbocycles. The van der Waals surface area contributed by atoms with Crippen molar-refractivity contribution in [3.05, 3.63) is 50.9 Å². The van der Waals surface area contributed by atoms with Crippen molar-refractivity contribution in [2.45, 2.75) is 13.8 Å². The lowest BCUT2D eigenvalue weighted by Crippen LogP contribution is -2.12. The zero-order valence-electron chi connectivity index (χ0n) is 12.9. The number of carbonyl (C=O) groups excluding carboxylic acids is 1. The van der Waals surface area contributed by atoms with Gasteiger partial charge in [0.05, 0.1) is 17.7 Å². The minimum Gasteiger partial charge on any atom is -0.490 e. The molecule has 0 unspecified atom stereocenters. The lowest BCUT2D eigenvalue weighted by molar-refractivity contribution is 0.102. The second-order valence-electron chi connectivity index (χ2n) is 4.61. The van der Waals surface area contributed by atoms with Gasteiger partial charge in [-0.1, -0.05) is 15.9 Å². The molecule has 0 aliphatic heterocycles. The Morgan fingerprint density at radius 1 is 1.04 bits per heavy atom. The Hall–Kier alpha value is -1.53. The first-order valence-corrected chi connectivity index (χ1v) is 8.79. The summed E-state index contributed by atoms with van der Waals surface area (Å²) < 4.78 is 12.8. The van der Waals surface area contributed by atoms with Crippen LogP contribution in [0, 0.1) is 0 Å². The molecule has 2 aromatic carbocycles. The van der Waals surface area contributed by atoms with Gasteiger partial charge in [0.25, 0.3) is 5.91 Å². The lowest BCUT2D eigenvalue weighted by Gasteiger charge is -2.14. The Kier molecular flexibility index (Phi) is 6.47. The molecule has 2 rings (SSSR count). The molecule has 23 heavy (non-hydrogen) atoms. The minimum absolute atomic E-state index is 0.211. The van der Waals surface area contributed by atoms with Crippen LogP contribution >= 0.6 is 31.9 Å². The van der Waals surface area contributed by atoms with E-state index >= 15 is 0 Å². The monoisotopic (exact) mass is 441 g/mol. The summed E-state index contributed by atoms with van der Waals surface area (Å²) in [4.78, 5) is 12.4. The van der Waals surface area contributed by atoms with Crippen LogP contribution in [0.1, 0.15) is 24.2 Å². The molecule has 0 spiro atoms. The quantitative estimate of drug-likeness (QED) is 0.663. The number of hydrogen-bond donors (Lipinski definition) is 1. The molecule has 0 radical (unpaired) electrons. The number of amides is 1. The predicted octanol–water partition coefficient (Wildman–Crippen LogP) is 5.26. The van der Waals surface area contributed by atoms with E-state index in [1.807, 2.05) is 38.1 Å². The fraction of sp³-hybridized carbons (Fsp3) is 0.235. The molecule has 0 bridgehead atoms. The summed E-state index contributed by atoms with van der Waals surface area (Å²) in [6.07, 6.45) is 0. The highest BCUT2D eigenvalue weighted by Crippen LogP contribution is 2.37. The van der Waals surface area contributed by atoms with E-state index in [9.17, 15) is 4.79 Å². The largest absolute Gasteiger partial charge is 0.490 e. The van der Waals surface area contributed by atoms with Gasteiger partial charge in [-0.05, 0) is 66.2 Å². The molecule has 0 atom stereocenters. The van der Waals surface area contributed by atoms with Crippen LogP contribution < -0.4 is 14.8 Å². The first-order valence-electron chi connectivity index (χ1n) is 7.21. The zero-order valence-corrected chi connectivity index (χ0v) is 16.0. The molecule has 0 saturated heterocycles. The smallest absolute Gasteiger partial charge is 0.255 e. The van der Waals surface area contributed by atoms with Gasteiger partial charge in [-0.15, -0.1) is 0 Å². The second-order valence-corrected chi connectivity index (χ2v) is 6.38. The van der Waals surface area contributed by atoms with Gasteiger partial charge in [-0.25, -0.2) is 0 Å². The van der Waals surface area contributed by atoms with Gasteiger partial charge in [0.2, 0.25) is 0 Å². The number of halogens is 2. The van der Waals surface area contributed by atoms with Crippen molar-refractivity contribution in [1.29, 1.82) is 0 Å². The number of ether oxygens (including phenoxy) is 2. The highest BCUT2D eigenvalue weighted by atomic mass is 79.9. The number of carbonyl (C=O) groups is 1. The van der Waals surface area contributed by atoms with Gasteiger partial charge >= 0.3 is 0 Å². The summed E-state index contributed by atoms with van der Waals surface area (Å²) in [6, 6.07) is 10.8. The summed E-state index contributed by atoms with van der Waals surface area (Å²) in [7, 11) is 0. The summed E-state index contributed by atoms with van der Waals surface area (Å²) in [5, 5.41) is 2.86. The highest BCUT2D eigenvalue weighted by Gasteiger charge is 2.16. The molecule has 0 heterocycles. The topological polar surface area (TPSA) is 47.6 Å². The van der Waals surface area contributed by atoms with E-state index < -0.39 is 0 Å². The maximum absolute atomic E-state index is 12.4. The average molecular weight is 443 g/mol. The molecule has 0 aliphatic rings. The van der Waals surface area contributed by atoms with Gasteiger partial charge in [-0.3, -0.25) is 4.79 Å². The molecule has 6 heteroatoms. The maximum Gasteiger partial charge on any atom is 0.255 e. The standard InChI is InChI=1S/C17H17Br2NO3/c1-3-22-15-10-11(9-14(19)16(15)23-4-2)17(21)20-13-7-5-12(18)6-8-13/h5-10H,3-4H2,1-2H3,(H,20,21). The van der Waals surface area contributed by atoms with E-state index in [0.717, 1.165) is 10.2 Å². The highest BCUT2D eigenvalue weighted by molar-refractivity contribution is 9.10. The number of benzene rings is 2. The minimum atomic E-state index is -0.211. The maximum atomic E-state index is 12.4. The van der Waals surface area contributed by atoms with Crippen LogP contribution in [0.25, 0.3) is 0 Å². The van der Waals surface area contributed by atoms with E-state index in [1.54, 1.807) is 12.1 Å². The third kappa shape index (κ3) is 4.72. The van der Waals surface area contributed by atoms with Gasteiger partial charge in [0.15, 0.2) is 11.5 Å². The van der Waals surface area contributed by atoms with Crippen molar-refractivity contribution >= 4 is 43.5 Å². The molecule has 4 nitrogen and oxygen atoms in total. The van der Waals surface area contributed by atoms with Crippen molar-refractivity contribution in [2.75, 3.05) is 18.5 Å². The summed E-state index contributed by atoms with van der Waals surface area (Å²) in [6.45, 7) is 4.79. The van der Waals surface area contributed by atoms with Crippen molar-refractivity contribution in [1.82, 2.24) is 0 Å². The number of hydrogen-bond acceptors (Lipinski definition) is 3. The third-order valence-electron chi connectivity index (χ3n) is 2.96. The lowest BCUT2D eigenvalue weighted by atomic mass is 10.1. The van der Waals surface area contributed by atoms with Crippen LogP contribution in [-0.2, 0) is 0 Å². The molecule has 0 fully saturated rings. The molecule has 2 aromatic rings. The second kappa shape index (κ2) is 8.36. The summed E-state index contributed by atoms with van der Waals surface area (Å²) in [5.41, 5.74) is 1.22. The number of rotatable bonds is 6. The fourth-order valence-corrected chi connectivity index (χ4v) is 2.80. The predicted molar refractivity (Wildman–Crippen MR) is 98.6 cm³/mol. The first-order chi connectivity index (χ1) is 11.0. The SMILES string of the molecule is CCOc1cc(C(=O)Nc2ccc(Br)cc2)cc(Br)c1OCC. The van der Waals surface area contributed by atoms with Crippen LogP contribution in [0.2, 0.25) is 0 Å². The third-order valence-corrected chi connectivity index (χ3v) is 4.08. The van der Waals surface area contributed by atoms with Crippen LogP contribution in [0.3, 0.4) is 0 Å². The van der Waals surface area contributed by atoms with Crippen molar-refractivity contribution in [3.8, 4) is 11.5 Å². The summed E-state index contributed by atoms with van der Waals surface area (Å²) in [5.74, 6) is 0.941. The number of anilines is 1. The van der Waals surface area contributed by atoms with Crippen molar-refractivity contribution in [3.63, 3.8) is 0 Å². The van der Waals surface area contributed by atoms with Crippen LogP contribution in [0.5, 0.6) is 11.5 Å². The molecule has 1 N–H and O–H groups in total. The molecule has 122 valence electrons. The Morgan fingerprint density at radius 2 is 1.70 bits per heavy atom. The first kappa shape index (κ1) is 17.8. The normalized spacial score (nSPS) is 10.3. The van der Waals surface area contributed by atoms with Crippen LogP contribution in [0.4, 0.5) is 5.69 Å². The number of nitrogens with one attached hydrogen (secondary N) is 1. The summed E-state index contributed by atoms with van der Waals surface area (Å²) >= 11 is 6.81. The van der Waals surface area contributed by atoms with Gasteiger partial charge in [-0.2, -0.15) is 0 Å². The molecule has 0 aromatic heterocycles. The van der Waals surface area contributed by atoms with Crippen molar-refractivity contribution in [2.24, 2.45) is 0 Å². The zero-order chi connectivity index (χ0) is 16.8. The van der Waals surface area contributed by atoms with Gasteiger partial charge in [0.1, 0.15) is 0 Å². The van der Waals surface area contributed by atoms with Crippen molar-refractivity contribution < 1.29 is 14.3 Å². The Balaban J connectivity index is 2.27. The molecule has 0 aliphatic carbocycles. The Bertz CT molecular complexity index is 687. The average Bonchev–Trinajstić information content (AvgIpc) is 2.53. The van der Waals surface area contributed by atoms with Gasteiger partial charge < -0.3 is 14.8 Å². The fourth-order valence-electron chi connectivity index (χ4n) is 1.98. The van der Waals surface area contributed by atoms with Crippen LogP contribution in [-0.4, -0.2) is 19.1 Å². The van der Waals surface area contributed by atoms with E-state index in [-0.39, 0.29) is 5.91 Å². The van der Waals surface area contributed by atoms with E-state index in [1.165, 1.54) is 0 Å².